The number of rotatable bonds is 4. The maximum absolute atomic E-state index is 5.85. The lowest BCUT2D eigenvalue weighted by Crippen LogP contribution is -2.12. The summed E-state index contributed by atoms with van der Waals surface area (Å²) < 4.78 is 11.1. The number of nitrogens with zero attached hydrogens (tertiary/aromatic N) is 2. The van der Waals surface area contributed by atoms with Gasteiger partial charge in [-0.15, -0.1) is 11.6 Å². The third-order valence-electron chi connectivity index (χ3n) is 3.53. The van der Waals surface area contributed by atoms with E-state index in [9.17, 15) is 0 Å². The van der Waals surface area contributed by atoms with Gasteiger partial charge in [-0.05, 0) is 36.8 Å². The average Bonchev–Trinajstić information content (AvgIpc) is 2.99. The SMILES string of the molecule is COc1ccc2oc(-c3cccc(N=C(N)CCl)c3C)nc2c1. The molecule has 6 heteroatoms. The fourth-order valence-corrected chi connectivity index (χ4v) is 2.37. The number of oxazole rings is 1. The molecule has 0 bridgehead atoms. The summed E-state index contributed by atoms with van der Waals surface area (Å²) >= 11 is 5.69. The third kappa shape index (κ3) is 3.00. The van der Waals surface area contributed by atoms with Gasteiger partial charge in [0.1, 0.15) is 17.1 Å². The monoisotopic (exact) mass is 329 g/mol. The molecule has 0 saturated heterocycles. The van der Waals surface area contributed by atoms with Crippen molar-refractivity contribution < 1.29 is 9.15 Å². The van der Waals surface area contributed by atoms with Crippen LogP contribution in [0.4, 0.5) is 5.69 Å². The molecule has 0 amide bonds. The molecule has 1 aromatic heterocycles. The minimum atomic E-state index is 0.187. The molecule has 0 saturated carbocycles. The standard InChI is InChI=1S/C17H16ClN3O2/c1-10-12(4-3-5-13(10)20-16(19)9-18)17-21-14-8-11(22-2)6-7-15(14)23-17/h3-8H,9H2,1-2H3,(H2,19,20). The molecular formula is C17H16ClN3O2. The Labute approximate surface area is 138 Å². The van der Waals surface area contributed by atoms with Crippen molar-refractivity contribution in [1.29, 1.82) is 0 Å². The Morgan fingerprint density at radius 1 is 1.35 bits per heavy atom. The van der Waals surface area contributed by atoms with Crippen LogP contribution >= 0.6 is 11.6 Å². The van der Waals surface area contributed by atoms with Gasteiger partial charge in [0, 0.05) is 11.6 Å². The second-order valence-corrected chi connectivity index (χ2v) is 5.31. The number of benzene rings is 2. The van der Waals surface area contributed by atoms with E-state index < -0.39 is 0 Å². The molecule has 1 heterocycles. The molecule has 2 aromatic carbocycles. The first kappa shape index (κ1) is 15.4. The van der Waals surface area contributed by atoms with Crippen LogP contribution in [0.3, 0.4) is 0 Å². The smallest absolute Gasteiger partial charge is 0.227 e. The van der Waals surface area contributed by atoms with Gasteiger partial charge in [0.25, 0.3) is 0 Å². The maximum atomic E-state index is 5.85. The zero-order valence-electron chi connectivity index (χ0n) is 12.8. The van der Waals surface area contributed by atoms with Gasteiger partial charge >= 0.3 is 0 Å². The van der Waals surface area contributed by atoms with Crippen molar-refractivity contribution in [1.82, 2.24) is 4.98 Å². The summed E-state index contributed by atoms with van der Waals surface area (Å²) in [5, 5.41) is 0. The highest BCUT2D eigenvalue weighted by molar-refractivity contribution is 6.28. The van der Waals surface area contributed by atoms with Crippen LogP contribution < -0.4 is 10.5 Å². The van der Waals surface area contributed by atoms with Gasteiger partial charge in [0.2, 0.25) is 5.89 Å². The molecule has 5 nitrogen and oxygen atoms in total. The number of amidine groups is 1. The Morgan fingerprint density at radius 3 is 2.91 bits per heavy atom. The molecule has 0 aliphatic heterocycles. The van der Waals surface area contributed by atoms with Crippen molar-refractivity contribution in [3.8, 4) is 17.2 Å². The summed E-state index contributed by atoms with van der Waals surface area (Å²) in [6, 6.07) is 11.2. The van der Waals surface area contributed by atoms with Gasteiger partial charge in [-0.25, -0.2) is 9.98 Å². The normalized spacial score (nSPS) is 11.9. The van der Waals surface area contributed by atoms with E-state index in [0.717, 1.165) is 28.1 Å². The van der Waals surface area contributed by atoms with Crippen LogP contribution in [-0.2, 0) is 0 Å². The largest absolute Gasteiger partial charge is 0.497 e. The number of nitrogens with two attached hydrogens (primary N) is 1. The minimum absolute atomic E-state index is 0.187. The zero-order chi connectivity index (χ0) is 16.4. The molecule has 118 valence electrons. The number of fused-ring (bicyclic) bond motifs is 1. The predicted molar refractivity (Wildman–Crippen MR) is 92.7 cm³/mol. The van der Waals surface area contributed by atoms with Crippen LogP contribution in [-0.4, -0.2) is 23.8 Å². The minimum Gasteiger partial charge on any atom is -0.497 e. The Kier molecular flexibility index (Phi) is 4.21. The summed E-state index contributed by atoms with van der Waals surface area (Å²) in [4.78, 5) is 8.86. The first-order valence-corrected chi connectivity index (χ1v) is 7.59. The van der Waals surface area contributed by atoms with E-state index in [1.807, 2.05) is 43.3 Å². The molecule has 0 unspecified atom stereocenters. The van der Waals surface area contributed by atoms with Crippen molar-refractivity contribution in [2.45, 2.75) is 6.92 Å². The number of halogens is 1. The van der Waals surface area contributed by atoms with Gasteiger partial charge in [-0.2, -0.15) is 0 Å². The summed E-state index contributed by atoms with van der Waals surface area (Å²) in [6.45, 7) is 1.95. The summed E-state index contributed by atoms with van der Waals surface area (Å²) in [7, 11) is 1.62. The number of alkyl halides is 1. The van der Waals surface area contributed by atoms with Gasteiger partial charge < -0.3 is 14.9 Å². The van der Waals surface area contributed by atoms with Crippen molar-refractivity contribution >= 4 is 34.2 Å². The highest BCUT2D eigenvalue weighted by atomic mass is 35.5. The summed E-state index contributed by atoms with van der Waals surface area (Å²) in [5.41, 5.74) is 9.71. The quantitative estimate of drug-likeness (QED) is 0.445. The van der Waals surface area contributed by atoms with Crippen LogP contribution in [0.2, 0.25) is 0 Å². The second kappa shape index (κ2) is 6.30. The van der Waals surface area contributed by atoms with Gasteiger partial charge in [0.15, 0.2) is 5.58 Å². The van der Waals surface area contributed by atoms with Gasteiger partial charge in [0.05, 0.1) is 18.7 Å². The molecule has 3 rings (SSSR count). The highest BCUT2D eigenvalue weighted by Crippen LogP contribution is 2.32. The number of ether oxygens (including phenoxy) is 1. The molecule has 2 N–H and O–H groups in total. The van der Waals surface area contributed by atoms with Crippen LogP contribution in [0.25, 0.3) is 22.6 Å². The molecule has 0 fully saturated rings. The molecular weight excluding hydrogens is 314 g/mol. The highest BCUT2D eigenvalue weighted by Gasteiger charge is 2.13. The van der Waals surface area contributed by atoms with Gasteiger partial charge in [-0.1, -0.05) is 6.07 Å². The molecule has 0 spiro atoms. The van der Waals surface area contributed by atoms with Crippen molar-refractivity contribution in [2.24, 2.45) is 10.7 Å². The zero-order valence-corrected chi connectivity index (χ0v) is 13.6. The summed E-state index contributed by atoms with van der Waals surface area (Å²) in [5.74, 6) is 1.83. The van der Waals surface area contributed by atoms with E-state index in [4.69, 9.17) is 26.5 Å². The molecule has 0 radical (unpaired) electrons. The molecule has 0 aliphatic rings. The second-order valence-electron chi connectivity index (χ2n) is 5.04. The number of aromatic nitrogens is 1. The Bertz CT molecular complexity index is 887. The number of hydrogen-bond acceptors (Lipinski definition) is 4. The molecule has 3 aromatic rings. The third-order valence-corrected chi connectivity index (χ3v) is 3.81. The first-order chi connectivity index (χ1) is 11.1. The van der Waals surface area contributed by atoms with Crippen molar-refractivity contribution in [2.75, 3.05) is 13.0 Å². The topological polar surface area (TPSA) is 73.6 Å². The number of aliphatic imine (C=N–C) groups is 1. The van der Waals surface area contributed by atoms with E-state index >= 15 is 0 Å². The van der Waals surface area contributed by atoms with Crippen molar-refractivity contribution in [3.63, 3.8) is 0 Å². The number of hydrogen-bond donors (Lipinski definition) is 1. The van der Waals surface area contributed by atoms with E-state index in [0.29, 0.717) is 17.3 Å². The van der Waals surface area contributed by atoms with E-state index in [2.05, 4.69) is 9.98 Å². The fourth-order valence-electron chi connectivity index (χ4n) is 2.31. The summed E-state index contributed by atoms with van der Waals surface area (Å²) in [6.07, 6.45) is 0. The van der Waals surface area contributed by atoms with Crippen LogP contribution in [0, 0.1) is 6.92 Å². The van der Waals surface area contributed by atoms with Crippen molar-refractivity contribution in [3.05, 3.63) is 42.0 Å². The Balaban J connectivity index is 2.10. The Hall–Kier alpha value is -2.53. The predicted octanol–water partition coefficient (Wildman–Crippen LogP) is 4.04. The average molecular weight is 330 g/mol. The lowest BCUT2D eigenvalue weighted by Gasteiger charge is -2.05. The van der Waals surface area contributed by atoms with Crippen LogP contribution in [0.5, 0.6) is 5.75 Å². The molecule has 0 atom stereocenters. The Morgan fingerprint density at radius 2 is 2.17 bits per heavy atom. The molecule has 0 aliphatic carbocycles. The van der Waals surface area contributed by atoms with Crippen LogP contribution in [0.1, 0.15) is 5.56 Å². The lowest BCUT2D eigenvalue weighted by atomic mass is 10.1. The maximum Gasteiger partial charge on any atom is 0.227 e. The first-order valence-electron chi connectivity index (χ1n) is 7.06. The van der Waals surface area contributed by atoms with E-state index in [1.165, 1.54) is 0 Å². The van der Waals surface area contributed by atoms with Crippen LogP contribution in [0.15, 0.2) is 45.8 Å². The van der Waals surface area contributed by atoms with E-state index in [-0.39, 0.29) is 5.88 Å². The van der Waals surface area contributed by atoms with Gasteiger partial charge in [-0.3, -0.25) is 0 Å². The fraction of sp³-hybridized carbons (Fsp3) is 0.176. The molecule has 23 heavy (non-hydrogen) atoms. The number of methoxy groups -OCH3 is 1. The lowest BCUT2D eigenvalue weighted by molar-refractivity contribution is 0.415. The van der Waals surface area contributed by atoms with E-state index in [1.54, 1.807) is 7.11 Å².